The number of benzene rings is 9. The first-order valence-corrected chi connectivity index (χ1v) is 19.5. The van der Waals surface area contributed by atoms with Crippen LogP contribution in [-0.2, 0) is 0 Å². The molecule has 55 heavy (non-hydrogen) atoms. The Bertz CT molecular complexity index is 3170. The van der Waals surface area contributed by atoms with Crippen molar-refractivity contribution in [3.05, 3.63) is 200 Å². The molecular weight excluding hydrogens is 687 g/mol. The SMILES string of the molecule is c1ccc(-c2ccc(N(c3ccc(-c4ccc5c(c4)sc4ccccc45)cc3)c3ccc(-c4cccc5oc6c7ccccc7ccc6c45)cc3)cc2)cc1. The summed E-state index contributed by atoms with van der Waals surface area (Å²) in [6.07, 6.45) is 0. The van der Waals surface area contributed by atoms with Gasteiger partial charge in [-0.2, -0.15) is 0 Å². The molecule has 2 aromatic heterocycles. The van der Waals surface area contributed by atoms with Crippen LogP contribution in [0.15, 0.2) is 205 Å². The lowest BCUT2D eigenvalue weighted by molar-refractivity contribution is 0.673. The van der Waals surface area contributed by atoms with Gasteiger partial charge in [-0.3, -0.25) is 0 Å². The molecule has 0 saturated heterocycles. The summed E-state index contributed by atoms with van der Waals surface area (Å²) >= 11 is 1.86. The zero-order valence-electron chi connectivity index (χ0n) is 29.8. The minimum Gasteiger partial charge on any atom is -0.455 e. The predicted octanol–water partition coefficient (Wildman–Crippen LogP) is 15.6. The van der Waals surface area contributed by atoms with Gasteiger partial charge in [0.25, 0.3) is 0 Å². The van der Waals surface area contributed by atoms with E-state index in [2.05, 4.69) is 205 Å². The molecule has 11 rings (SSSR count). The van der Waals surface area contributed by atoms with Crippen LogP contribution >= 0.6 is 11.3 Å². The molecule has 0 atom stereocenters. The topological polar surface area (TPSA) is 16.4 Å². The van der Waals surface area contributed by atoms with E-state index in [1.165, 1.54) is 47.8 Å². The zero-order chi connectivity index (χ0) is 36.3. The van der Waals surface area contributed by atoms with Gasteiger partial charge in [-0.05, 0) is 99.4 Å². The molecule has 0 saturated carbocycles. The number of hydrogen-bond acceptors (Lipinski definition) is 3. The summed E-state index contributed by atoms with van der Waals surface area (Å²) in [7, 11) is 0. The minimum atomic E-state index is 0.902. The van der Waals surface area contributed by atoms with E-state index in [0.29, 0.717) is 0 Å². The van der Waals surface area contributed by atoms with Gasteiger partial charge in [0, 0.05) is 53.4 Å². The van der Waals surface area contributed by atoms with Crippen molar-refractivity contribution in [1.82, 2.24) is 0 Å². The highest BCUT2D eigenvalue weighted by Crippen LogP contribution is 2.42. The second kappa shape index (κ2) is 12.9. The smallest absolute Gasteiger partial charge is 0.143 e. The second-order valence-electron chi connectivity index (χ2n) is 14.1. The molecule has 0 aliphatic heterocycles. The largest absolute Gasteiger partial charge is 0.455 e. The maximum atomic E-state index is 6.52. The normalized spacial score (nSPS) is 11.6. The van der Waals surface area contributed by atoms with Crippen molar-refractivity contribution in [2.24, 2.45) is 0 Å². The monoisotopic (exact) mass is 719 g/mol. The van der Waals surface area contributed by atoms with Crippen LogP contribution in [0.5, 0.6) is 0 Å². The van der Waals surface area contributed by atoms with Crippen LogP contribution in [0.4, 0.5) is 17.1 Å². The van der Waals surface area contributed by atoms with Gasteiger partial charge in [0.1, 0.15) is 11.2 Å². The van der Waals surface area contributed by atoms with E-state index in [-0.39, 0.29) is 0 Å². The summed E-state index contributed by atoms with van der Waals surface area (Å²) in [5.74, 6) is 0. The molecule has 0 bridgehead atoms. The lowest BCUT2D eigenvalue weighted by Gasteiger charge is -2.26. The number of hydrogen-bond donors (Lipinski definition) is 0. The number of thiophene rings is 1. The molecule has 0 radical (unpaired) electrons. The Morgan fingerprint density at radius 3 is 1.67 bits per heavy atom. The van der Waals surface area contributed by atoms with E-state index in [0.717, 1.165) is 55.5 Å². The first-order chi connectivity index (χ1) is 27.2. The van der Waals surface area contributed by atoms with Gasteiger partial charge in [-0.25, -0.2) is 0 Å². The molecule has 2 nitrogen and oxygen atoms in total. The maximum absolute atomic E-state index is 6.52. The number of rotatable bonds is 6. The van der Waals surface area contributed by atoms with Gasteiger partial charge in [0.05, 0.1) is 0 Å². The summed E-state index contributed by atoms with van der Waals surface area (Å²) in [4.78, 5) is 2.34. The van der Waals surface area contributed by atoms with E-state index in [1.807, 2.05) is 11.3 Å². The molecule has 0 fully saturated rings. The van der Waals surface area contributed by atoms with Gasteiger partial charge >= 0.3 is 0 Å². The Hall–Kier alpha value is -6.94. The highest BCUT2D eigenvalue weighted by Gasteiger charge is 2.17. The molecule has 2 heterocycles. The van der Waals surface area contributed by atoms with E-state index in [9.17, 15) is 0 Å². The lowest BCUT2D eigenvalue weighted by atomic mass is 9.98. The van der Waals surface area contributed by atoms with E-state index in [1.54, 1.807) is 0 Å². The molecule has 0 aliphatic rings. The van der Waals surface area contributed by atoms with Crippen LogP contribution in [0.25, 0.3) is 86.3 Å². The van der Waals surface area contributed by atoms with Gasteiger partial charge in [-0.1, -0.05) is 140 Å². The number of fused-ring (bicyclic) bond motifs is 8. The molecule has 258 valence electrons. The average Bonchev–Trinajstić information content (AvgIpc) is 3.83. The molecule has 0 unspecified atom stereocenters. The fourth-order valence-corrected chi connectivity index (χ4v) is 9.32. The number of anilines is 3. The Morgan fingerprint density at radius 2 is 0.927 bits per heavy atom. The molecule has 3 heteroatoms. The first kappa shape index (κ1) is 31.6. The molecule has 0 spiro atoms. The van der Waals surface area contributed by atoms with Crippen LogP contribution in [0.3, 0.4) is 0 Å². The quantitative estimate of drug-likeness (QED) is 0.170. The molecule has 9 aromatic carbocycles. The Labute approximate surface area is 322 Å². The van der Waals surface area contributed by atoms with E-state index < -0.39 is 0 Å². The number of nitrogens with zero attached hydrogens (tertiary/aromatic N) is 1. The predicted molar refractivity (Wildman–Crippen MR) is 235 cm³/mol. The van der Waals surface area contributed by atoms with E-state index >= 15 is 0 Å². The average molecular weight is 720 g/mol. The Balaban J connectivity index is 0.988. The molecule has 0 N–H and O–H groups in total. The highest BCUT2D eigenvalue weighted by atomic mass is 32.1. The third kappa shape index (κ3) is 5.40. The lowest BCUT2D eigenvalue weighted by Crippen LogP contribution is -2.09. The standard InChI is InChI=1S/C52H33NOS/c1-2-9-34(10-3-1)35-17-25-40(26-18-35)53(41-27-19-36(20-28-41)39-24-31-46-45-13-6-7-16-49(45)55-50(46)33-39)42-29-21-38(22-30-42)43-14-8-15-48-51(43)47-32-23-37-11-4-5-12-44(37)52(47)54-48/h1-33H. The van der Waals surface area contributed by atoms with Crippen molar-refractivity contribution in [2.75, 3.05) is 4.90 Å². The van der Waals surface area contributed by atoms with Crippen molar-refractivity contribution in [1.29, 1.82) is 0 Å². The summed E-state index contributed by atoms with van der Waals surface area (Å²) in [6, 6.07) is 72.1. The van der Waals surface area contributed by atoms with Crippen molar-refractivity contribution >= 4 is 81.3 Å². The van der Waals surface area contributed by atoms with Crippen LogP contribution in [0.1, 0.15) is 0 Å². The summed E-state index contributed by atoms with van der Waals surface area (Å²) < 4.78 is 9.16. The van der Waals surface area contributed by atoms with Crippen LogP contribution in [0, 0.1) is 0 Å². The highest BCUT2D eigenvalue weighted by molar-refractivity contribution is 7.25. The molecule has 11 aromatic rings. The summed E-state index contributed by atoms with van der Waals surface area (Å²) in [5, 5.41) is 7.25. The summed E-state index contributed by atoms with van der Waals surface area (Å²) in [5.41, 5.74) is 12.3. The van der Waals surface area contributed by atoms with E-state index in [4.69, 9.17) is 4.42 Å². The van der Waals surface area contributed by atoms with Crippen molar-refractivity contribution < 1.29 is 4.42 Å². The molecular formula is C52H33NOS. The molecule has 0 aliphatic carbocycles. The third-order valence-corrected chi connectivity index (χ3v) is 12.0. The Kier molecular flexibility index (Phi) is 7.39. The van der Waals surface area contributed by atoms with Gasteiger partial charge in [0.15, 0.2) is 0 Å². The Morgan fingerprint density at radius 1 is 0.364 bits per heavy atom. The summed E-state index contributed by atoms with van der Waals surface area (Å²) in [6.45, 7) is 0. The zero-order valence-corrected chi connectivity index (χ0v) is 30.6. The number of furan rings is 1. The van der Waals surface area contributed by atoms with Gasteiger partial charge in [0.2, 0.25) is 0 Å². The first-order valence-electron chi connectivity index (χ1n) is 18.7. The fourth-order valence-electron chi connectivity index (χ4n) is 8.17. The van der Waals surface area contributed by atoms with Crippen molar-refractivity contribution in [2.45, 2.75) is 0 Å². The van der Waals surface area contributed by atoms with Crippen molar-refractivity contribution in [3.63, 3.8) is 0 Å². The maximum Gasteiger partial charge on any atom is 0.143 e. The second-order valence-corrected chi connectivity index (χ2v) is 15.2. The fraction of sp³-hybridized carbons (Fsp3) is 0. The third-order valence-electron chi connectivity index (χ3n) is 10.9. The van der Waals surface area contributed by atoms with Gasteiger partial charge in [-0.15, -0.1) is 11.3 Å². The van der Waals surface area contributed by atoms with Gasteiger partial charge < -0.3 is 9.32 Å². The van der Waals surface area contributed by atoms with Crippen molar-refractivity contribution in [3.8, 4) is 33.4 Å². The van der Waals surface area contributed by atoms with Crippen LogP contribution < -0.4 is 4.90 Å². The molecule has 0 amide bonds. The van der Waals surface area contributed by atoms with Crippen LogP contribution in [-0.4, -0.2) is 0 Å². The minimum absolute atomic E-state index is 0.902. The van der Waals surface area contributed by atoms with Crippen LogP contribution in [0.2, 0.25) is 0 Å².